The van der Waals surface area contributed by atoms with Crippen LogP contribution in [0.2, 0.25) is 0 Å². The molecule has 1 aliphatic heterocycles. The summed E-state index contributed by atoms with van der Waals surface area (Å²) in [5.41, 5.74) is 3.44. The van der Waals surface area contributed by atoms with E-state index in [1.807, 2.05) is 36.0 Å². The van der Waals surface area contributed by atoms with Gasteiger partial charge in [-0.3, -0.25) is 14.2 Å². The second-order valence-electron chi connectivity index (χ2n) is 11.7. The highest BCUT2D eigenvalue weighted by Crippen LogP contribution is 2.64. The Balaban J connectivity index is 1.33. The number of thiazole rings is 1. The Hall–Kier alpha value is -2.51. The summed E-state index contributed by atoms with van der Waals surface area (Å²) in [6.07, 6.45) is 3.89. The second-order valence-corrected chi connectivity index (χ2v) is 13.9. The van der Waals surface area contributed by atoms with Gasteiger partial charge in [-0.1, -0.05) is 56.4 Å². The number of nitrogens with zero attached hydrogens (tertiary/aromatic N) is 1. The summed E-state index contributed by atoms with van der Waals surface area (Å²) in [5.74, 6) is 2.78. The molecule has 1 amide bonds. The molecule has 194 valence electrons. The standard InChI is InChI=1S/C30H34N2O3S2/c1-30(2,3)20-9-7-17(8-10-20)24-25-18-5-6-19(15-18)26(25)36-28-27(24)37-29(34)32(28)16-23(33)31-21-11-13-22(35-4)14-12-21/h7-14,18-19,24-26H,5-6,15-16H2,1-4H3,(H,31,33)/t18-,19-,24-,25-,26+/m0/s1. The molecule has 2 bridgehead atoms. The van der Waals surface area contributed by atoms with Gasteiger partial charge in [0.15, 0.2) is 0 Å². The van der Waals surface area contributed by atoms with Gasteiger partial charge in [0.1, 0.15) is 12.3 Å². The highest BCUT2D eigenvalue weighted by Gasteiger charge is 2.55. The van der Waals surface area contributed by atoms with E-state index in [1.54, 1.807) is 11.7 Å². The number of aromatic nitrogens is 1. The number of carbonyl (C=O) groups excluding carboxylic acids is 1. The van der Waals surface area contributed by atoms with E-state index < -0.39 is 0 Å². The zero-order chi connectivity index (χ0) is 25.9. The third kappa shape index (κ3) is 4.44. The van der Waals surface area contributed by atoms with Crippen LogP contribution < -0.4 is 14.9 Å². The minimum absolute atomic E-state index is 0.0326. The van der Waals surface area contributed by atoms with E-state index in [2.05, 4.69) is 50.4 Å². The molecule has 0 spiro atoms. The Labute approximate surface area is 226 Å². The topological polar surface area (TPSA) is 60.3 Å². The number of methoxy groups -OCH3 is 1. The number of carbonyl (C=O) groups is 1. The summed E-state index contributed by atoms with van der Waals surface area (Å²) in [6, 6.07) is 16.4. The maximum absolute atomic E-state index is 13.3. The van der Waals surface area contributed by atoms with E-state index in [-0.39, 0.29) is 28.7 Å². The molecule has 0 unspecified atom stereocenters. The van der Waals surface area contributed by atoms with Gasteiger partial charge < -0.3 is 10.1 Å². The first-order chi connectivity index (χ1) is 17.7. The van der Waals surface area contributed by atoms with Gasteiger partial charge in [0.2, 0.25) is 5.91 Å². The van der Waals surface area contributed by atoms with Gasteiger partial charge in [0, 0.05) is 21.7 Å². The molecule has 3 aromatic rings. The quantitative estimate of drug-likeness (QED) is 0.406. The molecule has 0 saturated heterocycles. The van der Waals surface area contributed by atoms with E-state index in [9.17, 15) is 9.59 Å². The molecule has 6 rings (SSSR count). The molecule has 1 N–H and O–H groups in total. The van der Waals surface area contributed by atoms with Crippen molar-refractivity contribution in [1.82, 2.24) is 4.57 Å². The largest absolute Gasteiger partial charge is 0.497 e. The number of nitrogens with one attached hydrogen (secondary N) is 1. The third-order valence-corrected chi connectivity index (χ3v) is 11.3. The summed E-state index contributed by atoms with van der Waals surface area (Å²) in [4.78, 5) is 27.4. The number of benzene rings is 2. The van der Waals surface area contributed by atoms with Crippen LogP contribution in [0.15, 0.2) is 58.4 Å². The number of anilines is 1. The average Bonchev–Trinajstić information content (AvgIpc) is 3.57. The summed E-state index contributed by atoms with van der Waals surface area (Å²) in [5, 5.41) is 4.47. The SMILES string of the molecule is COc1ccc(NC(=O)Cn2c3c(sc2=O)[C@@H](c2ccc(C(C)(C)C)cc2)[C@@H]2[C@H]4CC[C@@H](C4)[C@H]2S3)cc1. The van der Waals surface area contributed by atoms with Crippen molar-refractivity contribution < 1.29 is 9.53 Å². The molecule has 2 saturated carbocycles. The van der Waals surface area contributed by atoms with Crippen molar-refractivity contribution in [2.75, 3.05) is 12.4 Å². The lowest BCUT2D eigenvalue weighted by Crippen LogP contribution is -2.35. The van der Waals surface area contributed by atoms with Crippen LogP contribution in [0.1, 0.15) is 62.0 Å². The first-order valence-corrected chi connectivity index (χ1v) is 14.9. The second kappa shape index (κ2) is 9.35. The van der Waals surface area contributed by atoms with Gasteiger partial charge in [-0.15, -0.1) is 11.8 Å². The van der Waals surface area contributed by atoms with Crippen LogP contribution >= 0.6 is 23.1 Å². The van der Waals surface area contributed by atoms with Crippen molar-refractivity contribution in [2.45, 2.75) is 68.2 Å². The Morgan fingerprint density at radius 2 is 1.76 bits per heavy atom. The van der Waals surface area contributed by atoms with Crippen molar-refractivity contribution in [1.29, 1.82) is 0 Å². The van der Waals surface area contributed by atoms with Gasteiger partial charge >= 0.3 is 4.87 Å². The van der Waals surface area contributed by atoms with Crippen molar-refractivity contribution in [3.63, 3.8) is 0 Å². The lowest BCUT2D eigenvalue weighted by Gasteiger charge is -2.40. The lowest BCUT2D eigenvalue weighted by atomic mass is 9.74. The molecule has 7 heteroatoms. The Morgan fingerprint density at radius 1 is 1.05 bits per heavy atom. The summed E-state index contributed by atoms with van der Waals surface area (Å²) >= 11 is 3.22. The number of fused-ring (bicyclic) bond motifs is 6. The molecule has 2 heterocycles. The van der Waals surface area contributed by atoms with Gasteiger partial charge in [0.25, 0.3) is 0 Å². The van der Waals surface area contributed by atoms with Crippen LogP contribution in [0, 0.1) is 17.8 Å². The van der Waals surface area contributed by atoms with E-state index in [4.69, 9.17) is 4.74 Å². The number of rotatable bonds is 5. The van der Waals surface area contributed by atoms with Gasteiger partial charge in [-0.25, -0.2) is 0 Å². The molecule has 1 aromatic heterocycles. The summed E-state index contributed by atoms with van der Waals surface area (Å²) < 4.78 is 6.93. The van der Waals surface area contributed by atoms with Crippen LogP contribution in [0.5, 0.6) is 5.75 Å². The molecular weight excluding hydrogens is 500 g/mol. The molecule has 2 aromatic carbocycles. The number of thioether (sulfide) groups is 1. The van der Waals surface area contributed by atoms with E-state index >= 15 is 0 Å². The molecular formula is C30H34N2O3S2. The fourth-order valence-electron chi connectivity index (χ4n) is 6.67. The predicted molar refractivity (Wildman–Crippen MR) is 151 cm³/mol. The predicted octanol–water partition coefficient (Wildman–Crippen LogP) is 6.51. The van der Waals surface area contributed by atoms with Crippen LogP contribution in [0.3, 0.4) is 0 Å². The van der Waals surface area contributed by atoms with Crippen molar-refractivity contribution >= 4 is 34.7 Å². The number of hydrogen-bond donors (Lipinski definition) is 1. The first-order valence-electron chi connectivity index (χ1n) is 13.2. The van der Waals surface area contributed by atoms with Gasteiger partial charge in [-0.2, -0.15) is 0 Å². The van der Waals surface area contributed by atoms with Gasteiger partial charge in [-0.05, 0) is 77.8 Å². The fraction of sp³-hybridized carbons (Fsp3) is 0.467. The maximum Gasteiger partial charge on any atom is 0.308 e. The highest BCUT2D eigenvalue weighted by molar-refractivity contribution is 8.00. The minimum Gasteiger partial charge on any atom is -0.497 e. The summed E-state index contributed by atoms with van der Waals surface area (Å²) in [6.45, 7) is 6.76. The Kier molecular flexibility index (Phi) is 6.27. The zero-order valence-electron chi connectivity index (χ0n) is 21.8. The Morgan fingerprint density at radius 3 is 2.43 bits per heavy atom. The molecule has 2 aliphatic carbocycles. The van der Waals surface area contributed by atoms with Crippen LogP contribution in [-0.2, 0) is 16.8 Å². The van der Waals surface area contributed by atoms with E-state index in [0.29, 0.717) is 22.8 Å². The van der Waals surface area contributed by atoms with Crippen molar-refractivity contribution in [2.24, 2.45) is 17.8 Å². The van der Waals surface area contributed by atoms with Crippen LogP contribution in [-0.4, -0.2) is 22.8 Å². The van der Waals surface area contributed by atoms with E-state index in [1.165, 1.54) is 41.7 Å². The monoisotopic (exact) mass is 534 g/mol. The first kappa shape index (κ1) is 24.8. The average molecular weight is 535 g/mol. The molecule has 3 aliphatic rings. The molecule has 0 radical (unpaired) electrons. The van der Waals surface area contributed by atoms with E-state index in [0.717, 1.165) is 21.6 Å². The number of amides is 1. The minimum atomic E-state index is -0.186. The molecule has 2 fully saturated rings. The Bertz CT molecular complexity index is 1370. The zero-order valence-corrected chi connectivity index (χ0v) is 23.5. The maximum atomic E-state index is 13.3. The summed E-state index contributed by atoms with van der Waals surface area (Å²) in [7, 11) is 1.62. The molecule has 5 nitrogen and oxygen atoms in total. The van der Waals surface area contributed by atoms with Gasteiger partial charge in [0.05, 0.1) is 12.1 Å². The lowest BCUT2D eigenvalue weighted by molar-refractivity contribution is -0.116. The molecule has 37 heavy (non-hydrogen) atoms. The van der Waals surface area contributed by atoms with Crippen molar-refractivity contribution in [3.05, 3.63) is 74.2 Å². The van der Waals surface area contributed by atoms with Crippen LogP contribution in [0.25, 0.3) is 0 Å². The van der Waals surface area contributed by atoms with Crippen LogP contribution in [0.4, 0.5) is 5.69 Å². The molecule has 5 atom stereocenters. The highest BCUT2D eigenvalue weighted by atomic mass is 32.2. The number of ether oxygens (including phenoxy) is 1. The van der Waals surface area contributed by atoms with Crippen molar-refractivity contribution in [3.8, 4) is 5.75 Å². The third-order valence-electron chi connectivity index (χ3n) is 8.50. The smallest absolute Gasteiger partial charge is 0.308 e. The number of hydrogen-bond acceptors (Lipinski definition) is 5. The normalized spacial score (nSPS) is 26.0. The fourth-order valence-corrected chi connectivity index (χ4v) is 9.82.